The summed E-state index contributed by atoms with van der Waals surface area (Å²) in [6.45, 7) is 2.74. The number of ketones is 1. The van der Waals surface area contributed by atoms with Gasteiger partial charge in [0.15, 0.2) is 6.61 Å². The monoisotopic (exact) mass is 436 g/mol. The minimum absolute atomic E-state index is 0.0291. The van der Waals surface area contributed by atoms with Crippen LogP contribution in [0.25, 0.3) is 5.69 Å². The van der Waals surface area contributed by atoms with Gasteiger partial charge < -0.3 is 9.30 Å². The predicted molar refractivity (Wildman–Crippen MR) is 104 cm³/mol. The van der Waals surface area contributed by atoms with Crippen molar-refractivity contribution in [1.29, 1.82) is 0 Å². The van der Waals surface area contributed by atoms with E-state index in [9.17, 15) is 22.8 Å². The van der Waals surface area contributed by atoms with Crippen molar-refractivity contribution >= 4 is 23.4 Å². The fourth-order valence-corrected chi connectivity index (χ4v) is 3.29. The number of halogens is 4. The van der Waals surface area contributed by atoms with Gasteiger partial charge in [0.1, 0.15) is 5.15 Å². The van der Waals surface area contributed by atoms with Crippen molar-refractivity contribution in [3.8, 4) is 5.69 Å². The molecule has 0 N–H and O–H groups in total. The molecule has 0 aliphatic rings. The summed E-state index contributed by atoms with van der Waals surface area (Å²) in [7, 11) is 0. The Kier molecular flexibility index (Phi) is 5.98. The maximum Gasteiger partial charge on any atom is 0.416 e. The smallest absolute Gasteiger partial charge is 0.416 e. The molecule has 156 valence electrons. The average Bonchev–Trinajstić information content (AvgIpc) is 3.00. The molecule has 2 heterocycles. The topological polar surface area (TPSA) is 61.2 Å². The summed E-state index contributed by atoms with van der Waals surface area (Å²) in [4.78, 5) is 28.5. The van der Waals surface area contributed by atoms with Gasteiger partial charge in [0, 0.05) is 28.8 Å². The second-order valence-corrected chi connectivity index (χ2v) is 6.87. The van der Waals surface area contributed by atoms with Crippen LogP contribution in [-0.4, -0.2) is 27.9 Å². The summed E-state index contributed by atoms with van der Waals surface area (Å²) < 4.78 is 45.7. The van der Waals surface area contributed by atoms with Crippen molar-refractivity contribution < 1.29 is 27.5 Å². The van der Waals surface area contributed by atoms with Crippen LogP contribution in [0.1, 0.15) is 37.7 Å². The second-order valence-electron chi connectivity index (χ2n) is 6.51. The van der Waals surface area contributed by atoms with E-state index in [1.165, 1.54) is 30.5 Å². The number of hydrogen-bond donors (Lipinski definition) is 0. The van der Waals surface area contributed by atoms with Gasteiger partial charge in [-0.2, -0.15) is 13.2 Å². The van der Waals surface area contributed by atoms with Crippen molar-refractivity contribution in [2.45, 2.75) is 20.0 Å². The first-order valence-electron chi connectivity index (χ1n) is 8.77. The standard InChI is InChI=1S/C21H16ClF3N2O3/c1-12-9-17(18(28)11-30-20(29)16-7-4-8-26-19(16)22)13(2)27(12)15-6-3-5-14(10-15)21(23,24)25/h3-10H,11H2,1-2H3. The number of esters is 1. The van der Waals surface area contributed by atoms with E-state index in [4.69, 9.17) is 16.3 Å². The summed E-state index contributed by atoms with van der Waals surface area (Å²) in [6.07, 6.45) is -3.07. The summed E-state index contributed by atoms with van der Waals surface area (Å²) in [5.74, 6) is -1.29. The molecule has 0 spiro atoms. The molecule has 0 saturated carbocycles. The Balaban J connectivity index is 1.83. The second kappa shape index (κ2) is 8.31. The van der Waals surface area contributed by atoms with Gasteiger partial charge in [-0.15, -0.1) is 0 Å². The largest absolute Gasteiger partial charge is 0.454 e. The minimum atomic E-state index is -4.48. The highest BCUT2D eigenvalue weighted by atomic mass is 35.5. The highest BCUT2D eigenvalue weighted by Crippen LogP contribution is 2.31. The predicted octanol–water partition coefficient (Wildman–Crippen LogP) is 5.20. The highest BCUT2D eigenvalue weighted by Gasteiger charge is 2.31. The van der Waals surface area contributed by atoms with Crippen LogP contribution < -0.4 is 0 Å². The lowest BCUT2D eigenvalue weighted by atomic mass is 10.1. The molecule has 5 nitrogen and oxygen atoms in total. The first-order chi connectivity index (χ1) is 14.1. The molecule has 30 heavy (non-hydrogen) atoms. The summed E-state index contributed by atoms with van der Waals surface area (Å²) in [5, 5.41) is -0.0438. The number of benzene rings is 1. The number of pyridine rings is 1. The zero-order chi connectivity index (χ0) is 22.1. The number of hydrogen-bond acceptors (Lipinski definition) is 4. The number of ether oxygens (including phenoxy) is 1. The van der Waals surface area contributed by atoms with Gasteiger partial charge in [-0.1, -0.05) is 17.7 Å². The zero-order valence-corrected chi connectivity index (χ0v) is 16.7. The third kappa shape index (κ3) is 4.38. The van der Waals surface area contributed by atoms with Gasteiger partial charge in [0.25, 0.3) is 0 Å². The molecule has 0 fully saturated rings. The van der Waals surface area contributed by atoms with Crippen molar-refractivity contribution in [3.63, 3.8) is 0 Å². The number of aromatic nitrogens is 2. The van der Waals surface area contributed by atoms with E-state index in [2.05, 4.69) is 4.98 Å². The Morgan fingerprint density at radius 3 is 2.50 bits per heavy atom. The van der Waals surface area contributed by atoms with Crippen LogP contribution in [0.15, 0.2) is 48.7 Å². The molecule has 0 amide bonds. The van der Waals surface area contributed by atoms with E-state index < -0.39 is 30.1 Å². The number of nitrogens with zero attached hydrogens (tertiary/aromatic N) is 2. The first-order valence-corrected chi connectivity index (χ1v) is 9.15. The summed E-state index contributed by atoms with van der Waals surface area (Å²) >= 11 is 5.83. The van der Waals surface area contributed by atoms with E-state index >= 15 is 0 Å². The van der Waals surface area contributed by atoms with Crippen LogP contribution in [0, 0.1) is 13.8 Å². The van der Waals surface area contributed by atoms with Gasteiger partial charge in [-0.25, -0.2) is 9.78 Å². The van der Waals surface area contributed by atoms with E-state index in [-0.39, 0.29) is 22.0 Å². The highest BCUT2D eigenvalue weighted by molar-refractivity contribution is 6.32. The van der Waals surface area contributed by atoms with Gasteiger partial charge in [-0.3, -0.25) is 4.79 Å². The third-order valence-corrected chi connectivity index (χ3v) is 4.78. The van der Waals surface area contributed by atoms with Crippen molar-refractivity contribution in [2.24, 2.45) is 0 Å². The summed E-state index contributed by atoms with van der Waals surface area (Å²) in [5.41, 5.74) is 0.765. The molecule has 0 aliphatic heterocycles. The first kappa shape index (κ1) is 21.6. The molecule has 0 aliphatic carbocycles. The number of carbonyl (C=O) groups is 2. The molecule has 0 atom stereocenters. The number of rotatable bonds is 5. The van der Waals surface area contributed by atoms with Crippen molar-refractivity contribution in [2.75, 3.05) is 6.61 Å². The van der Waals surface area contributed by atoms with Crippen LogP contribution >= 0.6 is 11.6 Å². The minimum Gasteiger partial charge on any atom is -0.454 e. The molecule has 0 unspecified atom stereocenters. The SMILES string of the molecule is Cc1cc(C(=O)COC(=O)c2cccnc2Cl)c(C)n1-c1cccc(C(F)(F)F)c1. The molecule has 3 rings (SSSR count). The van der Waals surface area contributed by atoms with Gasteiger partial charge in [0.05, 0.1) is 11.1 Å². The molecule has 3 aromatic rings. The quantitative estimate of drug-likeness (QED) is 0.313. The Bertz CT molecular complexity index is 1120. The molecule has 1 aromatic carbocycles. The van der Waals surface area contributed by atoms with E-state index in [1.807, 2.05) is 0 Å². The normalized spacial score (nSPS) is 11.4. The molecule has 9 heteroatoms. The molecule has 0 bridgehead atoms. The maximum atomic E-state index is 13.0. The van der Waals surface area contributed by atoms with Crippen molar-refractivity contribution in [1.82, 2.24) is 9.55 Å². The molecular formula is C21H16ClF3N2O3. The Hall–Kier alpha value is -3.13. The Morgan fingerprint density at radius 1 is 1.10 bits per heavy atom. The van der Waals surface area contributed by atoms with E-state index in [1.54, 1.807) is 24.5 Å². The fraction of sp³-hybridized carbons (Fsp3) is 0.190. The number of carbonyl (C=O) groups excluding carboxylic acids is 2. The molecule has 0 saturated heterocycles. The number of Topliss-reactive ketones (excluding diaryl/α,β-unsaturated/α-hetero) is 1. The van der Waals surface area contributed by atoms with E-state index in [0.717, 1.165) is 12.1 Å². The zero-order valence-electron chi connectivity index (χ0n) is 16.0. The van der Waals surface area contributed by atoms with Crippen LogP contribution in [0.5, 0.6) is 0 Å². The van der Waals surface area contributed by atoms with Crippen molar-refractivity contribution in [3.05, 3.63) is 81.9 Å². The van der Waals surface area contributed by atoms with Crippen LogP contribution in [0.2, 0.25) is 5.15 Å². The third-order valence-electron chi connectivity index (χ3n) is 4.48. The van der Waals surface area contributed by atoms with E-state index in [0.29, 0.717) is 11.4 Å². The average molecular weight is 437 g/mol. The van der Waals surface area contributed by atoms with Gasteiger partial charge in [0.2, 0.25) is 5.78 Å². The lowest BCUT2D eigenvalue weighted by Crippen LogP contribution is -2.15. The molecule has 0 radical (unpaired) electrons. The van der Waals surface area contributed by atoms with Gasteiger partial charge in [-0.05, 0) is 50.2 Å². The van der Waals surface area contributed by atoms with Crippen LogP contribution in [-0.2, 0) is 10.9 Å². The van der Waals surface area contributed by atoms with Gasteiger partial charge >= 0.3 is 12.1 Å². The lowest BCUT2D eigenvalue weighted by molar-refractivity contribution is -0.137. The summed E-state index contributed by atoms with van der Waals surface area (Å²) in [6, 6.07) is 9.29. The maximum absolute atomic E-state index is 13.0. The fourth-order valence-electron chi connectivity index (χ4n) is 3.09. The van der Waals surface area contributed by atoms with Crippen LogP contribution in [0.3, 0.4) is 0 Å². The van der Waals surface area contributed by atoms with Crippen LogP contribution in [0.4, 0.5) is 13.2 Å². The molecule has 2 aromatic heterocycles. The number of alkyl halides is 3. The Labute approximate surface area is 175 Å². The molecular weight excluding hydrogens is 421 g/mol. The Morgan fingerprint density at radius 2 is 1.83 bits per heavy atom. The lowest BCUT2D eigenvalue weighted by Gasteiger charge is -2.13. The number of aryl methyl sites for hydroxylation is 1.